The third kappa shape index (κ3) is 2.57. The average Bonchev–Trinajstić information content (AvgIpc) is 3.11. The van der Waals surface area contributed by atoms with Gasteiger partial charge in [-0.2, -0.15) is 0 Å². The number of carbonyl (C=O) groups excluding carboxylic acids is 1. The van der Waals surface area contributed by atoms with Crippen molar-refractivity contribution in [1.82, 2.24) is 14.9 Å². The molecule has 1 saturated heterocycles. The predicted molar refractivity (Wildman–Crippen MR) is 75.5 cm³/mol. The van der Waals surface area contributed by atoms with E-state index in [0.29, 0.717) is 25.1 Å². The lowest BCUT2D eigenvalue weighted by Crippen LogP contribution is -2.41. The van der Waals surface area contributed by atoms with Gasteiger partial charge < -0.3 is 10.0 Å². The Morgan fingerprint density at radius 1 is 1.55 bits per heavy atom. The Labute approximate surface area is 120 Å². The molecule has 3 rings (SSSR count). The largest absolute Gasteiger partial charge is 0.391 e. The number of nitrogens with zero attached hydrogens (tertiary/aromatic N) is 3. The maximum absolute atomic E-state index is 12.4. The van der Waals surface area contributed by atoms with E-state index in [1.807, 2.05) is 12.1 Å². The number of likely N-dealkylation sites (tertiary alicyclic amines) is 1. The summed E-state index contributed by atoms with van der Waals surface area (Å²) in [7, 11) is 0. The molecular weight excluding hydrogens is 274 g/mol. The molecule has 1 aliphatic rings. The van der Waals surface area contributed by atoms with Crippen molar-refractivity contribution in [3.63, 3.8) is 0 Å². The highest BCUT2D eigenvalue weighted by Crippen LogP contribution is 2.23. The lowest BCUT2D eigenvalue weighted by Gasteiger charge is -2.25. The summed E-state index contributed by atoms with van der Waals surface area (Å²) < 4.78 is 0. The molecule has 1 amide bonds. The fourth-order valence-corrected chi connectivity index (χ4v) is 3.09. The third-order valence-corrected chi connectivity index (χ3v) is 4.18. The summed E-state index contributed by atoms with van der Waals surface area (Å²) in [6.45, 7) is 0.572. The zero-order valence-electron chi connectivity index (χ0n) is 10.8. The standard InChI is InChI=1S/C14H15N3O2S/c18-13-3-5-17(14(19)11-8-20-9-16-11)12(13)6-10-2-1-4-15-7-10/h1-2,4,7-9,12-13,18H,3,5-6H2/t12-,13+/m0/s1. The molecule has 2 atom stereocenters. The summed E-state index contributed by atoms with van der Waals surface area (Å²) in [5.74, 6) is -0.100. The molecule has 1 fully saturated rings. The van der Waals surface area contributed by atoms with Crippen molar-refractivity contribution >= 4 is 17.2 Å². The van der Waals surface area contributed by atoms with Gasteiger partial charge in [0.25, 0.3) is 5.91 Å². The van der Waals surface area contributed by atoms with Crippen LogP contribution < -0.4 is 0 Å². The molecule has 104 valence electrons. The predicted octanol–water partition coefficient (Wildman–Crippen LogP) is 1.36. The maximum Gasteiger partial charge on any atom is 0.273 e. The van der Waals surface area contributed by atoms with Crippen LogP contribution in [0, 0.1) is 0 Å². The van der Waals surface area contributed by atoms with Crippen LogP contribution in [0.5, 0.6) is 0 Å². The summed E-state index contributed by atoms with van der Waals surface area (Å²) in [6, 6.07) is 3.63. The highest BCUT2D eigenvalue weighted by molar-refractivity contribution is 7.07. The molecule has 0 radical (unpaired) electrons. The Kier molecular flexibility index (Phi) is 3.75. The Bertz CT molecular complexity index is 573. The number of rotatable bonds is 3. The second-order valence-electron chi connectivity index (χ2n) is 4.86. The number of carbonyl (C=O) groups is 1. The molecule has 1 N–H and O–H groups in total. The quantitative estimate of drug-likeness (QED) is 0.926. The summed E-state index contributed by atoms with van der Waals surface area (Å²) in [4.78, 5) is 22.3. The van der Waals surface area contributed by atoms with Gasteiger partial charge >= 0.3 is 0 Å². The first kappa shape index (κ1) is 13.2. The smallest absolute Gasteiger partial charge is 0.273 e. The van der Waals surface area contributed by atoms with Crippen LogP contribution in [-0.4, -0.2) is 44.6 Å². The normalized spacial score (nSPS) is 22.1. The number of hydrogen-bond donors (Lipinski definition) is 1. The molecule has 0 saturated carbocycles. The molecule has 0 spiro atoms. The number of thiazole rings is 1. The van der Waals surface area contributed by atoms with Crippen molar-refractivity contribution < 1.29 is 9.90 Å². The highest BCUT2D eigenvalue weighted by atomic mass is 32.1. The second kappa shape index (κ2) is 5.68. The molecule has 6 heteroatoms. The van der Waals surface area contributed by atoms with E-state index in [1.165, 1.54) is 11.3 Å². The van der Waals surface area contributed by atoms with Crippen LogP contribution in [0.3, 0.4) is 0 Å². The van der Waals surface area contributed by atoms with Crippen LogP contribution in [0.4, 0.5) is 0 Å². The van der Waals surface area contributed by atoms with Gasteiger partial charge in [-0.05, 0) is 24.5 Å². The molecule has 2 aromatic heterocycles. The van der Waals surface area contributed by atoms with Gasteiger partial charge in [-0.15, -0.1) is 11.3 Å². The van der Waals surface area contributed by atoms with Crippen LogP contribution >= 0.6 is 11.3 Å². The molecule has 0 unspecified atom stereocenters. The fourth-order valence-electron chi connectivity index (χ4n) is 2.56. The third-order valence-electron chi connectivity index (χ3n) is 3.59. The molecule has 3 heterocycles. The molecule has 0 bridgehead atoms. The zero-order valence-corrected chi connectivity index (χ0v) is 11.7. The minimum atomic E-state index is -0.488. The van der Waals surface area contributed by atoms with Crippen molar-refractivity contribution in [2.75, 3.05) is 6.54 Å². The first-order valence-electron chi connectivity index (χ1n) is 6.52. The lowest BCUT2D eigenvalue weighted by atomic mass is 10.0. The molecular formula is C14H15N3O2S. The SMILES string of the molecule is O=C(c1cscn1)N1CC[C@@H](O)[C@@H]1Cc1cccnc1. The van der Waals surface area contributed by atoms with Crippen molar-refractivity contribution in [1.29, 1.82) is 0 Å². The van der Waals surface area contributed by atoms with Gasteiger partial charge in [-0.1, -0.05) is 6.07 Å². The second-order valence-corrected chi connectivity index (χ2v) is 5.58. The fraction of sp³-hybridized carbons (Fsp3) is 0.357. The van der Waals surface area contributed by atoms with Gasteiger partial charge in [0.1, 0.15) is 5.69 Å². The van der Waals surface area contributed by atoms with Crippen LogP contribution in [0.15, 0.2) is 35.4 Å². The van der Waals surface area contributed by atoms with Gasteiger partial charge in [-0.25, -0.2) is 4.98 Å². The molecule has 2 aromatic rings. The number of aliphatic hydroxyl groups is 1. The van der Waals surface area contributed by atoms with E-state index in [0.717, 1.165) is 5.56 Å². The van der Waals surface area contributed by atoms with Gasteiger partial charge in [0, 0.05) is 24.3 Å². The summed E-state index contributed by atoms with van der Waals surface area (Å²) in [5.41, 5.74) is 3.13. The van der Waals surface area contributed by atoms with Crippen molar-refractivity contribution in [3.05, 3.63) is 46.7 Å². The topological polar surface area (TPSA) is 66.3 Å². The van der Waals surface area contributed by atoms with E-state index >= 15 is 0 Å². The average molecular weight is 289 g/mol. The minimum Gasteiger partial charge on any atom is -0.391 e. The Morgan fingerprint density at radius 2 is 2.45 bits per heavy atom. The Morgan fingerprint density at radius 3 is 3.15 bits per heavy atom. The summed E-state index contributed by atoms with van der Waals surface area (Å²) in [5, 5.41) is 11.9. The minimum absolute atomic E-state index is 0.100. The highest BCUT2D eigenvalue weighted by Gasteiger charge is 2.36. The van der Waals surface area contributed by atoms with E-state index in [9.17, 15) is 9.90 Å². The number of aliphatic hydroxyl groups excluding tert-OH is 1. The van der Waals surface area contributed by atoms with Crippen LogP contribution in [0.2, 0.25) is 0 Å². The number of amides is 1. The monoisotopic (exact) mass is 289 g/mol. The van der Waals surface area contributed by atoms with Crippen molar-refractivity contribution in [2.45, 2.75) is 25.0 Å². The Hall–Kier alpha value is -1.79. The van der Waals surface area contributed by atoms with E-state index in [2.05, 4.69) is 9.97 Å². The molecule has 0 aliphatic carbocycles. The first-order chi connectivity index (χ1) is 9.75. The number of hydrogen-bond acceptors (Lipinski definition) is 5. The van der Waals surface area contributed by atoms with Crippen LogP contribution in [-0.2, 0) is 6.42 Å². The van der Waals surface area contributed by atoms with E-state index in [4.69, 9.17) is 0 Å². The Balaban J connectivity index is 1.78. The molecule has 0 aromatic carbocycles. The molecule has 1 aliphatic heterocycles. The van der Waals surface area contributed by atoms with E-state index < -0.39 is 6.10 Å². The molecule has 20 heavy (non-hydrogen) atoms. The van der Waals surface area contributed by atoms with Gasteiger partial charge in [-0.3, -0.25) is 9.78 Å². The van der Waals surface area contributed by atoms with E-state index in [-0.39, 0.29) is 11.9 Å². The molecule has 5 nitrogen and oxygen atoms in total. The number of pyridine rings is 1. The van der Waals surface area contributed by atoms with Crippen LogP contribution in [0.1, 0.15) is 22.5 Å². The van der Waals surface area contributed by atoms with Crippen LogP contribution in [0.25, 0.3) is 0 Å². The van der Waals surface area contributed by atoms with Crippen molar-refractivity contribution in [3.8, 4) is 0 Å². The van der Waals surface area contributed by atoms with Gasteiger partial charge in [0.05, 0.1) is 17.7 Å². The van der Waals surface area contributed by atoms with Crippen molar-refractivity contribution in [2.24, 2.45) is 0 Å². The van der Waals surface area contributed by atoms with Gasteiger partial charge in [0.15, 0.2) is 0 Å². The zero-order chi connectivity index (χ0) is 13.9. The van der Waals surface area contributed by atoms with E-state index in [1.54, 1.807) is 28.2 Å². The number of aromatic nitrogens is 2. The first-order valence-corrected chi connectivity index (χ1v) is 7.46. The summed E-state index contributed by atoms with van der Waals surface area (Å²) >= 11 is 1.40. The summed E-state index contributed by atoms with van der Waals surface area (Å²) in [6.07, 6.45) is 4.23. The lowest BCUT2D eigenvalue weighted by molar-refractivity contribution is 0.0635. The maximum atomic E-state index is 12.4. The van der Waals surface area contributed by atoms with Gasteiger partial charge in [0.2, 0.25) is 0 Å².